The second-order valence-electron chi connectivity index (χ2n) is 4.56. The third-order valence-corrected chi connectivity index (χ3v) is 3.41. The fraction of sp³-hybridized carbons (Fsp3) is 0.111. The second kappa shape index (κ2) is 6.97. The van der Waals surface area contributed by atoms with Gasteiger partial charge in [-0.05, 0) is 35.7 Å². The van der Waals surface area contributed by atoms with Gasteiger partial charge in [0, 0.05) is 10.7 Å². The molecule has 0 aromatic heterocycles. The molecule has 2 heteroatoms. The van der Waals surface area contributed by atoms with E-state index in [9.17, 15) is 0 Å². The van der Waals surface area contributed by atoms with Crippen molar-refractivity contribution >= 4 is 17.3 Å². The molecule has 0 radical (unpaired) electrons. The summed E-state index contributed by atoms with van der Waals surface area (Å²) in [5.74, 6) is 0. The molecule has 0 aliphatic carbocycles. The van der Waals surface area contributed by atoms with Gasteiger partial charge in [0.2, 0.25) is 0 Å². The predicted molar refractivity (Wildman–Crippen MR) is 88.4 cm³/mol. The second-order valence-corrected chi connectivity index (χ2v) is 5.00. The number of allylic oxidation sites excluding steroid dienone is 1. The first kappa shape index (κ1) is 14.4. The van der Waals surface area contributed by atoms with Gasteiger partial charge in [-0.2, -0.15) is 0 Å². The Balaban J connectivity index is 2.24. The normalized spacial score (nSPS) is 11.7. The zero-order chi connectivity index (χ0) is 14.4. The smallest absolute Gasteiger partial charge is 0.0695 e. The third kappa shape index (κ3) is 3.52. The van der Waals surface area contributed by atoms with Crippen molar-refractivity contribution in [3.63, 3.8) is 0 Å². The van der Waals surface area contributed by atoms with Crippen LogP contribution in [0.5, 0.6) is 0 Å². The molecule has 0 bridgehead atoms. The van der Waals surface area contributed by atoms with E-state index in [1.807, 2.05) is 48.6 Å². The lowest BCUT2D eigenvalue weighted by atomic mass is 10.0. The van der Waals surface area contributed by atoms with Gasteiger partial charge in [0.05, 0.1) is 6.04 Å². The highest BCUT2D eigenvalue weighted by Crippen LogP contribution is 2.25. The minimum atomic E-state index is 0.0539. The Hall–Kier alpha value is -1.99. The molecule has 0 saturated heterocycles. The van der Waals surface area contributed by atoms with Gasteiger partial charge in [-0.3, -0.25) is 0 Å². The Morgan fingerprint density at radius 1 is 1.05 bits per heavy atom. The lowest BCUT2D eigenvalue weighted by molar-refractivity contribution is 0.981. The van der Waals surface area contributed by atoms with Gasteiger partial charge in [0.15, 0.2) is 0 Å². The van der Waals surface area contributed by atoms with Gasteiger partial charge in [-0.1, -0.05) is 54.1 Å². The highest BCUT2D eigenvalue weighted by molar-refractivity contribution is 6.30. The summed E-state index contributed by atoms with van der Waals surface area (Å²) in [6, 6.07) is 16.1. The predicted octanol–water partition coefficient (Wildman–Crippen LogP) is 5.41. The van der Waals surface area contributed by atoms with Crippen LogP contribution in [0.4, 0.5) is 5.69 Å². The van der Waals surface area contributed by atoms with Crippen LogP contribution >= 0.6 is 11.6 Å². The molecule has 0 amide bonds. The topological polar surface area (TPSA) is 12.0 Å². The molecule has 20 heavy (non-hydrogen) atoms. The number of nitrogens with one attached hydrogen (secondary N) is 1. The average Bonchev–Trinajstić information content (AvgIpc) is 2.48. The molecule has 0 unspecified atom stereocenters. The molecular weight excluding hydrogens is 266 g/mol. The molecule has 1 N–H and O–H groups in total. The third-order valence-electron chi connectivity index (χ3n) is 3.16. The Labute approximate surface area is 125 Å². The van der Waals surface area contributed by atoms with Crippen LogP contribution in [-0.2, 0) is 6.42 Å². The summed E-state index contributed by atoms with van der Waals surface area (Å²) in [6.45, 7) is 7.72. The first-order valence-electron chi connectivity index (χ1n) is 6.58. The van der Waals surface area contributed by atoms with E-state index >= 15 is 0 Å². The van der Waals surface area contributed by atoms with E-state index < -0.39 is 0 Å². The van der Waals surface area contributed by atoms with Gasteiger partial charge in [0.25, 0.3) is 0 Å². The Kier molecular flexibility index (Phi) is 5.03. The van der Waals surface area contributed by atoms with Crippen molar-refractivity contribution in [1.82, 2.24) is 0 Å². The summed E-state index contributed by atoms with van der Waals surface area (Å²) in [6.07, 6.45) is 4.65. The summed E-state index contributed by atoms with van der Waals surface area (Å²) in [7, 11) is 0. The van der Waals surface area contributed by atoms with Crippen LogP contribution < -0.4 is 5.32 Å². The zero-order valence-electron chi connectivity index (χ0n) is 11.4. The van der Waals surface area contributed by atoms with Crippen LogP contribution in [0.15, 0.2) is 73.8 Å². The van der Waals surface area contributed by atoms with Gasteiger partial charge in [-0.15, -0.1) is 13.2 Å². The number of para-hydroxylation sites is 1. The lowest BCUT2D eigenvalue weighted by Gasteiger charge is -2.19. The summed E-state index contributed by atoms with van der Waals surface area (Å²) < 4.78 is 0. The van der Waals surface area contributed by atoms with Crippen LogP contribution in [0, 0.1) is 0 Å². The molecule has 0 aliphatic heterocycles. The summed E-state index contributed by atoms with van der Waals surface area (Å²) in [5, 5.41) is 4.25. The summed E-state index contributed by atoms with van der Waals surface area (Å²) in [5.41, 5.74) is 3.47. The van der Waals surface area contributed by atoms with E-state index in [1.54, 1.807) is 0 Å². The summed E-state index contributed by atoms with van der Waals surface area (Å²) in [4.78, 5) is 0. The minimum absolute atomic E-state index is 0.0539. The SMILES string of the molecule is C=CCc1ccccc1N[C@@H](C=C)c1ccc(Cl)cc1. The molecule has 102 valence electrons. The molecule has 0 heterocycles. The highest BCUT2D eigenvalue weighted by atomic mass is 35.5. The maximum atomic E-state index is 5.93. The number of anilines is 1. The molecule has 0 aliphatic rings. The number of benzene rings is 2. The minimum Gasteiger partial charge on any atom is -0.375 e. The maximum Gasteiger partial charge on any atom is 0.0695 e. The van der Waals surface area contributed by atoms with E-state index in [-0.39, 0.29) is 6.04 Å². The Morgan fingerprint density at radius 2 is 1.75 bits per heavy atom. The molecule has 2 rings (SSSR count). The number of hydrogen-bond donors (Lipinski definition) is 1. The monoisotopic (exact) mass is 283 g/mol. The van der Waals surface area contributed by atoms with E-state index in [1.165, 1.54) is 5.56 Å². The van der Waals surface area contributed by atoms with E-state index in [4.69, 9.17) is 11.6 Å². The molecular formula is C18H18ClN. The van der Waals surface area contributed by atoms with Crippen molar-refractivity contribution in [2.75, 3.05) is 5.32 Å². The first-order valence-corrected chi connectivity index (χ1v) is 6.95. The van der Waals surface area contributed by atoms with Gasteiger partial charge >= 0.3 is 0 Å². The van der Waals surface area contributed by atoms with Crippen LogP contribution in [-0.4, -0.2) is 0 Å². The molecule has 0 saturated carbocycles. The fourth-order valence-corrected chi connectivity index (χ4v) is 2.24. The van der Waals surface area contributed by atoms with E-state index in [0.717, 1.165) is 22.7 Å². The standard InChI is InChI=1S/C18H18ClN/c1-3-7-14-8-5-6-9-18(14)20-17(4-2)15-10-12-16(19)13-11-15/h3-6,8-13,17,20H,1-2,7H2/t17-/m0/s1. The van der Waals surface area contributed by atoms with Crippen LogP contribution in [0.1, 0.15) is 17.2 Å². The Morgan fingerprint density at radius 3 is 2.40 bits per heavy atom. The maximum absolute atomic E-state index is 5.93. The van der Waals surface area contributed by atoms with Crippen molar-refractivity contribution in [2.45, 2.75) is 12.5 Å². The zero-order valence-corrected chi connectivity index (χ0v) is 12.1. The van der Waals surface area contributed by atoms with E-state index in [2.05, 4.69) is 30.6 Å². The molecule has 1 atom stereocenters. The number of halogens is 1. The average molecular weight is 284 g/mol. The highest BCUT2D eigenvalue weighted by Gasteiger charge is 2.09. The van der Waals surface area contributed by atoms with Gasteiger partial charge < -0.3 is 5.32 Å². The van der Waals surface area contributed by atoms with Crippen molar-refractivity contribution in [1.29, 1.82) is 0 Å². The molecule has 2 aromatic carbocycles. The van der Waals surface area contributed by atoms with Crippen LogP contribution in [0.25, 0.3) is 0 Å². The lowest BCUT2D eigenvalue weighted by Crippen LogP contribution is -2.09. The van der Waals surface area contributed by atoms with Gasteiger partial charge in [0.1, 0.15) is 0 Å². The van der Waals surface area contributed by atoms with Crippen molar-refractivity contribution < 1.29 is 0 Å². The molecule has 0 spiro atoms. The fourth-order valence-electron chi connectivity index (χ4n) is 2.11. The van der Waals surface area contributed by atoms with Crippen molar-refractivity contribution in [2.24, 2.45) is 0 Å². The Bertz CT molecular complexity index is 587. The van der Waals surface area contributed by atoms with Gasteiger partial charge in [-0.25, -0.2) is 0 Å². The van der Waals surface area contributed by atoms with Crippen molar-refractivity contribution in [3.05, 3.63) is 90.0 Å². The molecule has 2 aromatic rings. The summed E-state index contributed by atoms with van der Waals surface area (Å²) >= 11 is 5.93. The largest absolute Gasteiger partial charge is 0.375 e. The van der Waals surface area contributed by atoms with Crippen LogP contribution in [0.2, 0.25) is 5.02 Å². The van der Waals surface area contributed by atoms with Crippen LogP contribution in [0.3, 0.4) is 0 Å². The molecule has 0 fully saturated rings. The first-order chi connectivity index (χ1) is 9.74. The number of hydrogen-bond acceptors (Lipinski definition) is 1. The molecule has 1 nitrogen and oxygen atoms in total. The van der Waals surface area contributed by atoms with Crippen molar-refractivity contribution in [3.8, 4) is 0 Å². The van der Waals surface area contributed by atoms with E-state index in [0.29, 0.717) is 0 Å². The number of rotatable bonds is 6. The quantitative estimate of drug-likeness (QED) is 0.699.